The molecule has 0 spiro atoms. The minimum absolute atomic E-state index is 0.0125. The highest BCUT2D eigenvalue weighted by atomic mass is 32.2. The van der Waals surface area contributed by atoms with Crippen molar-refractivity contribution in [3.05, 3.63) is 60.2 Å². The van der Waals surface area contributed by atoms with E-state index in [0.29, 0.717) is 12.3 Å². The Hall–Kier alpha value is -2.80. The monoisotopic (exact) mass is 410 g/mol. The van der Waals surface area contributed by atoms with Gasteiger partial charge in [-0.3, -0.25) is 4.79 Å². The second-order valence-corrected chi connectivity index (χ2v) is 7.85. The van der Waals surface area contributed by atoms with E-state index < -0.39 is 0 Å². The molecule has 0 aliphatic heterocycles. The normalized spacial score (nSPS) is 10.9. The first-order valence-corrected chi connectivity index (χ1v) is 10.6. The van der Waals surface area contributed by atoms with Crippen LogP contribution in [0.2, 0.25) is 0 Å². The van der Waals surface area contributed by atoms with Gasteiger partial charge in [0.05, 0.1) is 18.4 Å². The van der Waals surface area contributed by atoms with E-state index >= 15 is 0 Å². The molecule has 1 heterocycles. The molecule has 0 aliphatic carbocycles. The topological polar surface area (TPSA) is 69.0 Å². The number of carbonyl (C=O) groups is 1. The lowest BCUT2D eigenvalue weighted by molar-refractivity contribution is -0.119. The van der Waals surface area contributed by atoms with Crippen molar-refractivity contribution >= 4 is 17.7 Å². The van der Waals surface area contributed by atoms with Crippen molar-refractivity contribution in [2.45, 2.75) is 38.0 Å². The summed E-state index contributed by atoms with van der Waals surface area (Å²) in [6.07, 6.45) is 0.840. The molecule has 152 valence electrons. The number of para-hydroxylation sites is 1. The highest BCUT2D eigenvalue weighted by Gasteiger charge is 2.18. The first kappa shape index (κ1) is 20.9. The van der Waals surface area contributed by atoms with Crippen molar-refractivity contribution in [2.24, 2.45) is 0 Å². The van der Waals surface area contributed by atoms with E-state index in [1.165, 1.54) is 17.3 Å². The van der Waals surface area contributed by atoms with Crippen LogP contribution in [0.25, 0.3) is 11.4 Å². The lowest BCUT2D eigenvalue weighted by Crippen LogP contribution is -2.31. The highest BCUT2D eigenvalue weighted by molar-refractivity contribution is 7.99. The molecule has 3 aromatic rings. The van der Waals surface area contributed by atoms with Crippen LogP contribution in [0, 0.1) is 0 Å². The summed E-state index contributed by atoms with van der Waals surface area (Å²) in [7, 11) is 1.65. The first-order valence-electron chi connectivity index (χ1n) is 9.61. The summed E-state index contributed by atoms with van der Waals surface area (Å²) in [5, 5.41) is 12.4. The molecule has 0 saturated heterocycles. The maximum Gasteiger partial charge on any atom is 0.230 e. The number of thioether (sulfide) groups is 1. The van der Waals surface area contributed by atoms with Gasteiger partial charge in [-0.25, -0.2) is 0 Å². The van der Waals surface area contributed by atoms with Crippen molar-refractivity contribution in [2.75, 3.05) is 12.9 Å². The van der Waals surface area contributed by atoms with Gasteiger partial charge in [0.2, 0.25) is 5.91 Å². The molecule has 29 heavy (non-hydrogen) atoms. The molecule has 3 rings (SSSR count). The zero-order valence-corrected chi connectivity index (χ0v) is 17.8. The number of nitrogens with one attached hydrogen (secondary N) is 1. The SMILES string of the molecule is COc1ccccc1-c1nnc(SCC(=O)NC(C)C)n1CCc1ccccc1. The number of aromatic nitrogens is 3. The van der Waals surface area contributed by atoms with Gasteiger partial charge in [0.25, 0.3) is 0 Å². The summed E-state index contributed by atoms with van der Waals surface area (Å²) in [6, 6.07) is 18.2. The molecule has 0 unspecified atom stereocenters. The maximum absolute atomic E-state index is 12.1. The minimum atomic E-state index is -0.0125. The van der Waals surface area contributed by atoms with E-state index in [2.05, 4.69) is 32.2 Å². The van der Waals surface area contributed by atoms with Gasteiger partial charge in [-0.1, -0.05) is 54.2 Å². The zero-order valence-electron chi connectivity index (χ0n) is 17.0. The van der Waals surface area contributed by atoms with Gasteiger partial charge in [-0.05, 0) is 38.0 Å². The number of nitrogens with zero attached hydrogens (tertiary/aromatic N) is 3. The summed E-state index contributed by atoms with van der Waals surface area (Å²) in [5.41, 5.74) is 2.12. The number of carbonyl (C=O) groups excluding carboxylic acids is 1. The molecule has 2 aromatic carbocycles. The zero-order chi connectivity index (χ0) is 20.6. The Morgan fingerprint density at radius 3 is 2.55 bits per heavy atom. The highest BCUT2D eigenvalue weighted by Crippen LogP contribution is 2.31. The molecular formula is C22H26N4O2S. The summed E-state index contributed by atoms with van der Waals surface area (Å²) in [5.74, 6) is 1.77. The fraction of sp³-hybridized carbons (Fsp3) is 0.318. The van der Waals surface area contributed by atoms with Gasteiger partial charge in [0.15, 0.2) is 11.0 Å². The summed E-state index contributed by atoms with van der Waals surface area (Å²) in [4.78, 5) is 12.1. The molecule has 0 aliphatic rings. The van der Waals surface area contributed by atoms with Crippen LogP contribution < -0.4 is 10.1 Å². The Balaban J connectivity index is 1.87. The average Bonchev–Trinajstić information content (AvgIpc) is 3.13. The Kier molecular flexibility index (Phi) is 7.30. The third-order valence-electron chi connectivity index (χ3n) is 4.31. The van der Waals surface area contributed by atoms with Gasteiger partial charge < -0.3 is 14.6 Å². The van der Waals surface area contributed by atoms with Crippen LogP contribution >= 0.6 is 11.8 Å². The second-order valence-electron chi connectivity index (χ2n) is 6.90. The van der Waals surface area contributed by atoms with Gasteiger partial charge in [-0.2, -0.15) is 0 Å². The predicted octanol–water partition coefficient (Wildman–Crippen LogP) is 3.81. The number of methoxy groups -OCH3 is 1. The van der Waals surface area contributed by atoms with Crippen molar-refractivity contribution in [1.29, 1.82) is 0 Å². The minimum Gasteiger partial charge on any atom is -0.496 e. The quantitative estimate of drug-likeness (QED) is 0.543. The molecule has 6 nitrogen and oxygen atoms in total. The lowest BCUT2D eigenvalue weighted by atomic mass is 10.1. The maximum atomic E-state index is 12.1. The molecule has 0 bridgehead atoms. The summed E-state index contributed by atoms with van der Waals surface area (Å²) in [6.45, 7) is 4.61. The fourth-order valence-electron chi connectivity index (χ4n) is 3.00. The summed E-state index contributed by atoms with van der Waals surface area (Å²) >= 11 is 1.40. The number of amides is 1. The van der Waals surface area contributed by atoms with Crippen molar-refractivity contribution in [1.82, 2.24) is 20.1 Å². The number of ether oxygens (including phenoxy) is 1. The molecule has 1 aromatic heterocycles. The number of rotatable bonds is 9. The molecular weight excluding hydrogens is 384 g/mol. The van der Waals surface area contributed by atoms with E-state index in [9.17, 15) is 4.79 Å². The number of benzene rings is 2. The van der Waals surface area contributed by atoms with E-state index in [4.69, 9.17) is 4.74 Å². The van der Waals surface area contributed by atoms with Crippen LogP contribution in [0.15, 0.2) is 59.8 Å². The lowest BCUT2D eigenvalue weighted by Gasteiger charge is -2.13. The average molecular weight is 411 g/mol. The van der Waals surface area contributed by atoms with Crippen LogP contribution in [0.5, 0.6) is 5.75 Å². The summed E-state index contributed by atoms with van der Waals surface area (Å²) < 4.78 is 7.58. The molecule has 1 amide bonds. The first-order chi connectivity index (χ1) is 14.1. The van der Waals surface area contributed by atoms with E-state index in [0.717, 1.165) is 28.7 Å². The fourth-order valence-corrected chi connectivity index (χ4v) is 3.78. The van der Waals surface area contributed by atoms with Crippen molar-refractivity contribution in [3.63, 3.8) is 0 Å². The standard InChI is InChI=1S/C22H26N4O2S/c1-16(2)23-20(27)15-29-22-25-24-21(18-11-7-8-12-19(18)28-3)26(22)14-13-17-9-5-4-6-10-17/h4-12,16H,13-15H2,1-3H3,(H,23,27). The second kappa shape index (κ2) is 10.1. The van der Waals surface area contributed by atoms with E-state index in [1.54, 1.807) is 7.11 Å². The number of hydrogen-bond acceptors (Lipinski definition) is 5. The van der Waals surface area contributed by atoms with E-state index in [-0.39, 0.29) is 11.9 Å². The number of hydrogen-bond donors (Lipinski definition) is 1. The molecule has 7 heteroatoms. The smallest absolute Gasteiger partial charge is 0.230 e. The molecule has 0 atom stereocenters. The largest absolute Gasteiger partial charge is 0.496 e. The van der Waals surface area contributed by atoms with Crippen molar-refractivity contribution < 1.29 is 9.53 Å². The van der Waals surface area contributed by atoms with Gasteiger partial charge in [-0.15, -0.1) is 10.2 Å². The molecule has 0 fully saturated rings. The van der Waals surface area contributed by atoms with E-state index in [1.807, 2.05) is 56.3 Å². The van der Waals surface area contributed by atoms with Crippen LogP contribution in [0.4, 0.5) is 0 Å². The van der Waals surface area contributed by atoms with Crippen LogP contribution in [-0.4, -0.2) is 39.6 Å². The van der Waals surface area contributed by atoms with Gasteiger partial charge in [0.1, 0.15) is 5.75 Å². The Morgan fingerprint density at radius 1 is 1.10 bits per heavy atom. The number of aryl methyl sites for hydroxylation is 1. The van der Waals surface area contributed by atoms with Crippen LogP contribution in [0.1, 0.15) is 19.4 Å². The Labute approximate surface area is 175 Å². The molecule has 0 saturated carbocycles. The van der Waals surface area contributed by atoms with Crippen LogP contribution in [-0.2, 0) is 17.8 Å². The third kappa shape index (κ3) is 5.60. The van der Waals surface area contributed by atoms with Gasteiger partial charge >= 0.3 is 0 Å². The predicted molar refractivity (Wildman–Crippen MR) is 116 cm³/mol. The Morgan fingerprint density at radius 2 is 1.83 bits per heavy atom. The van der Waals surface area contributed by atoms with Crippen LogP contribution in [0.3, 0.4) is 0 Å². The van der Waals surface area contributed by atoms with Gasteiger partial charge in [0, 0.05) is 12.6 Å². The van der Waals surface area contributed by atoms with Crippen molar-refractivity contribution in [3.8, 4) is 17.1 Å². The molecule has 1 N–H and O–H groups in total. The third-order valence-corrected chi connectivity index (χ3v) is 5.28. The molecule has 0 radical (unpaired) electrons. The Bertz CT molecular complexity index is 941.